The molecule has 2 aromatic rings. The van der Waals surface area contributed by atoms with Gasteiger partial charge in [0.15, 0.2) is 0 Å². The van der Waals surface area contributed by atoms with E-state index in [0.717, 1.165) is 11.3 Å². The van der Waals surface area contributed by atoms with Crippen LogP contribution < -0.4 is 0 Å². The van der Waals surface area contributed by atoms with E-state index in [9.17, 15) is 20.0 Å². The Kier molecular flexibility index (Phi) is 3.80. The molecule has 6 heteroatoms. The molecule has 0 aliphatic heterocycles. The van der Waals surface area contributed by atoms with Crippen molar-refractivity contribution in [3.8, 4) is 11.3 Å². The molecule has 0 radical (unpaired) electrons. The Balaban J connectivity index is 2.60. The first kappa shape index (κ1) is 14.8. The zero-order valence-electron chi connectivity index (χ0n) is 12.0. The molecule has 21 heavy (non-hydrogen) atoms. The lowest BCUT2D eigenvalue weighted by molar-refractivity contribution is -0.385. The molecular formula is C15H16N2O4. The summed E-state index contributed by atoms with van der Waals surface area (Å²) >= 11 is 0. The summed E-state index contributed by atoms with van der Waals surface area (Å²) in [6, 6.07) is 8.04. The van der Waals surface area contributed by atoms with Crippen LogP contribution in [0.5, 0.6) is 0 Å². The van der Waals surface area contributed by atoms with Gasteiger partial charge < -0.3 is 9.67 Å². The molecule has 0 spiro atoms. The lowest BCUT2D eigenvalue weighted by Crippen LogP contribution is -2.11. The molecule has 0 amide bonds. The number of carboxylic acids is 1. The van der Waals surface area contributed by atoms with Crippen molar-refractivity contribution >= 4 is 11.7 Å². The van der Waals surface area contributed by atoms with Gasteiger partial charge in [0.05, 0.1) is 4.92 Å². The highest BCUT2D eigenvalue weighted by Crippen LogP contribution is 2.30. The summed E-state index contributed by atoms with van der Waals surface area (Å²) < 4.78 is 1.71. The summed E-state index contributed by atoms with van der Waals surface area (Å²) in [5, 5.41) is 20.1. The van der Waals surface area contributed by atoms with Gasteiger partial charge in [-0.15, -0.1) is 0 Å². The summed E-state index contributed by atoms with van der Waals surface area (Å²) in [5.41, 5.74) is 2.31. The van der Waals surface area contributed by atoms with Gasteiger partial charge in [-0.1, -0.05) is 0 Å². The highest BCUT2D eigenvalue weighted by Gasteiger charge is 2.19. The normalized spacial score (nSPS) is 10.9. The maximum absolute atomic E-state index is 11.3. The first-order valence-electron chi connectivity index (χ1n) is 6.53. The van der Waals surface area contributed by atoms with Crippen molar-refractivity contribution in [3.05, 3.63) is 51.7 Å². The van der Waals surface area contributed by atoms with Gasteiger partial charge in [-0.25, -0.2) is 4.79 Å². The Morgan fingerprint density at radius 1 is 1.29 bits per heavy atom. The number of nitro benzene ring substituents is 1. The average molecular weight is 288 g/mol. The summed E-state index contributed by atoms with van der Waals surface area (Å²) in [5.74, 6) is -0.992. The maximum Gasteiger partial charge on any atom is 0.352 e. The van der Waals surface area contributed by atoms with E-state index in [4.69, 9.17) is 0 Å². The van der Waals surface area contributed by atoms with Gasteiger partial charge >= 0.3 is 5.97 Å². The summed E-state index contributed by atoms with van der Waals surface area (Å²) in [6.07, 6.45) is 0. The number of aromatic nitrogens is 1. The third-order valence-electron chi connectivity index (χ3n) is 3.34. The number of carbonyl (C=O) groups is 1. The number of rotatable bonds is 4. The third kappa shape index (κ3) is 2.65. The van der Waals surface area contributed by atoms with Gasteiger partial charge in [0, 0.05) is 23.4 Å². The molecule has 1 aromatic carbocycles. The first-order valence-corrected chi connectivity index (χ1v) is 6.53. The van der Waals surface area contributed by atoms with Crippen LogP contribution >= 0.6 is 0 Å². The second-order valence-corrected chi connectivity index (χ2v) is 5.13. The Bertz CT molecular complexity index is 716. The molecule has 0 bridgehead atoms. The summed E-state index contributed by atoms with van der Waals surface area (Å²) in [6.45, 7) is 5.46. The number of hydrogen-bond acceptors (Lipinski definition) is 3. The molecule has 1 aromatic heterocycles. The first-order chi connectivity index (χ1) is 9.82. The molecule has 2 rings (SSSR count). The van der Waals surface area contributed by atoms with Crippen LogP contribution in [0, 0.1) is 17.0 Å². The van der Waals surface area contributed by atoms with Crippen LogP contribution in [-0.4, -0.2) is 20.6 Å². The second-order valence-electron chi connectivity index (χ2n) is 5.13. The van der Waals surface area contributed by atoms with E-state index < -0.39 is 10.9 Å². The van der Waals surface area contributed by atoms with E-state index >= 15 is 0 Å². The Morgan fingerprint density at radius 3 is 2.43 bits per heavy atom. The van der Waals surface area contributed by atoms with E-state index in [1.807, 2.05) is 13.8 Å². The fraction of sp³-hybridized carbons (Fsp3) is 0.267. The maximum atomic E-state index is 11.3. The Hall–Kier alpha value is -2.63. The monoisotopic (exact) mass is 288 g/mol. The van der Waals surface area contributed by atoms with Crippen molar-refractivity contribution in [2.45, 2.75) is 26.8 Å². The van der Waals surface area contributed by atoms with Crippen molar-refractivity contribution in [2.75, 3.05) is 0 Å². The van der Waals surface area contributed by atoms with E-state index in [2.05, 4.69) is 0 Å². The molecule has 0 saturated heterocycles. The van der Waals surface area contributed by atoms with E-state index in [0.29, 0.717) is 5.56 Å². The van der Waals surface area contributed by atoms with Crippen molar-refractivity contribution in [1.29, 1.82) is 0 Å². The minimum atomic E-state index is -0.992. The van der Waals surface area contributed by atoms with Crippen LogP contribution in [0.15, 0.2) is 30.3 Å². The van der Waals surface area contributed by atoms with Crippen molar-refractivity contribution in [2.24, 2.45) is 0 Å². The molecule has 0 unspecified atom stereocenters. The van der Waals surface area contributed by atoms with E-state index in [1.165, 1.54) is 6.07 Å². The molecule has 110 valence electrons. The van der Waals surface area contributed by atoms with Crippen molar-refractivity contribution in [1.82, 2.24) is 4.57 Å². The predicted molar refractivity (Wildman–Crippen MR) is 78.6 cm³/mol. The topological polar surface area (TPSA) is 85.4 Å². The van der Waals surface area contributed by atoms with Gasteiger partial charge in [-0.3, -0.25) is 10.1 Å². The number of aryl methyl sites for hydroxylation is 1. The van der Waals surface area contributed by atoms with Crippen LogP contribution in [-0.2, 0) is 0 Å². The fourth-order valence-corrected chi connectivity index (χ4v) is 2.43. The van der Waals surface area contributed by atoms with E-state index in [-0.39, 0.29) is 17.4 Å². The van der Waals surface area contributed by atoms with Crippen molar-refractivity contribution < 1.29 is 14.8 Å². The fourth-order valence-electron chi connectivity index (χ4n) is 2.43. The molecule has 1 N–H and O–H groups in total. The zero-order valence-corrected chi connectivity index (χ0v) is 12.0. The quantitative estimate of drug-likeness (QED) is 0.687. The zero-order chi connectivity index (χ0) is 15.7. The van der Waals surface area contributed by atoms with Gasteiger partial charge in [0.1, 0.15) is 5.69 Å². The Labute approximate surface area is 121 Å². The number of aromatic carboxylic acids is 1. The molecule has 0 aliphatic carbocycles. The number of nitro groups is 1. The van der Waals surface area contributed by atoms with Crippen LogP contribution in [0.2, 0.25) is 0 Å². The molecule has 0 aliphatic rings. The van der Waals surface area contributed by atoms with Crippen LogP contribution in [0.25, 0.3) is 11.3 Å². The molecule has 1 heterocycles. The van der Waals surface area contributed by atoms with Crippen LogP contribution in [0.4, 0.5) is 5.69 Å². The van der Waals surface area contributed by atoms with Gasteiger partial charge in [0.25, 0.3) is 5.69 Å². The smallest absolute Gasteiger partial charge is 0.352 e. The number of nitrogens with zero attached hydrogens (tertiary/aromatic N) is 2. The highest BCUT2D eigenvalue weighted by molar-refractivity contribution is 5.87. The summed E-state index contributed by atoms with van der Waals surface area (Å²) in [7, 11) is 0. The lowest BCUT2D eigenvalue weighted by Gasteiger charge is -2.16. The number of hydrogen-bond donors (Lipinski definition) is 1. The van der Waals surface area contributed by atoms with Gasteiger partial charge in [-0.05, 0) is 50.6 Å². The van der Waals surface area contributed by atoms with Crippen molar-refractivity contribution in [3.63, 3.8) is 0 Å². The van der Waals surface area contributed by atoms with Gasteiger partial charge in [0.2, 0.25) is 0 Å². The lowest BCUT2D eigenvalue weighted by atomic mass is 10.1. The van der Waals surface area contributed by atoms with Gasteiger partial charge in [-0.2, -0.15) is 0 Å². The number of benzene rings is 1. The standard InChI is InChI=1S/C15H16N2O4/c1-9(2)16-13(6-7-14(16)15(18)19)11-4-5-12(17(20)21)10(3)8-11/h4-9H,1-3H3,(H,18,19). The largest absolute Gasteiger partial charge is 0.477 e. The Morgan fingerprint density at radius 2 is 1.95 bits per heavy atom. The van der Waals surface area contributed by atoms with Crippen LogP contribution in [0.3, 0.4) is 0 Å². The SMILES string of the molecule is Cc1cc(-c2ccc(C(=O)O)n2C(C)C)ccc1[N+](=O)[O-]. The number of carboxylic acid groups (broad SMARTS) is 1. The summed E-state index contributed by atoms with van der Waals surface area (Å²) in [4.78, 5) is 21.7. The van der Waals surface area contributed by atoms with E-state index in [1.54, 1.807) is 35.8 Å². The molecular weight excluding hydrogens is 272 g/mol. The minimum Gasteiger partial charge on any atom is -0.477 e. The average Bonchev–Trinajstić information content (AvgIpc) is 2.82. The highest BCUT2D eigenvalue weighted by atomic mass is 16.6. The predicted octanol–water partition coefficient (Wildman–Crippen LogP) is 3.65. The molecule has 0 saturated carbocycles. The molecule has 6 nitrogen and oxygen atoms in total. The van der Waals surface area contributed by atoms with Crippen LogP contribution in [0.1, 0.15) is 35.9 Å². The molecule has 0 atom stereocenters. The second kappa shape index (κ2) is 5.40. The third-order valence-corrected chi connectivity index (χ3v) is 3.34. The minimum absolute atomic E-state index is 0.0309. The molecule has 0 fully saturated rings.